The van der Waals surface area contributed by atoms with E-state index in [4.69, 9.17) is 17.3 Å². The largest absolute Gasteiger partial charge is 0.377 e. The van der Waals surface area contributed by atoms with Crippen LogP contribution in [0.15, 0.2) is 48.5 Å². The van der Waals surface area contributed by atoms with Crippen LogP contribution in [-0.2, 0) is 0 Å². The Labute approximate surface area is 122 Å². The number of carbonyl (C=O) groups is 1. The fourth-order valence-electron chi connectivity index (χ4n) is 1.89. The minimum absolute atomic E-state index is 0.0949. The van der Waals surface area contributed by atoms with Crippen LogP contribution in [0.1, 0.15) is 18.5 Å². The first-order valence-corrected chi connectivity index (χ1v) is 6.61. The molecule has 104 valence electrons. The molecule has 0 saturated carbocycles. The van der Waals surface area contributed by atoms with Gasteiger partial charge in [-0.25, -0.2) is 4.79 Å². The minimum atomic E-state index is -0.569. The van der Waals surface area contributed by atoms with E-state index in [9.17, 15) is 4.79 Å². The van der Waals surface area contributed by atoms with E-state index in [0.717, 1.165) is 11.3 Å². The maximum absolute atomic E-state index is 10.8. The maximum Gasteiger partial charge on any atom is 0.316 e. The number of anilines is 2. The SMILES string of the molecule is CC(Nc1ccccc1Cl)c1ccc(NC(N)=O)cc1. The molecule has 1 unspecified atom stereocenters. The molecule has 0 aliphatic heterocycles. The van der Waals surface area contributed by atoms with Gasteiger partial charge in [-0.05, 0) is 36.8 Å². The number of hydrogen-bond donors (Lipinski definition) is 3. The predicted octanol–water partition coefficient (Wildman–Crippen LogP) is 4.00. The standard InChI is InChI=1S/C15H16ClN3O/c1-10(18-14-5-3-2-4-13(14)16)11-6-8-12(9-7-11)19-15(17)20/h2-10,18H,1H3,(H3,17,19,20). The third-order valence-electron chi connectivity index (χ3n) is 2.92. The first-order valence-electron chi connectivity index (χ1n) is 6.24. The molecule has 0 heterocycles. The Hall–Kier alpha value is -2.20. The monoisotopic (exact) mass is 289 g/mol. The average Bonchev–Trinajstić information content (AvgIpc) is 2.41. The summed E-state index contributed by atoms with van der Waals surface area (Å²) in [5, 5.41) is 6.56. The number of para-hydroxylation sites is 1. The van der Waals surface area contributed by atoms with Gasteiger partial charge in [0.15, 0.2) is 0 Å². The van der Waals surface area contributed by atoms with Gasteiger partial charge in [-0.3, -0.25) is 0 Å². The van der Waals surface area contributed by atoms with Gasteiger partial charge in [0, 0.05) is 11.7 Å². The molecule has 0 bridgehead atoms. The molecule has 0 radical (unpaired) electrons. The molecule has 2 aromatic rings. The Kier molecular flexibility index (Phi) is 4.48. The van der Waals surface area contributed by atoms with E-state index in [1.165, 1.54) is 0 Å². The van der Waals surface area contributed by atoms with E-state index < -0.39 is 6.03 Å². The molecule has 0 saturated heterocycles. The van der Waals surface area contributed by atoms with Crippen molar-refractivity contribution in [2.24, 2.45) is 5.73 Å². The van der Waals surface area contributed by atoms with Crippen molar-refractivity contribution in [1.82, 2.24) is 0 Å². The lowest BCUT2D eigenvalue weighted by molar-refractivity contribution is 0.259. The summed E-state index contributed by atoms with van der Waals surface area (Å²) in [7, 11) is 0. The van der Waals surface area contributed by atoms with Crippen molar-refractivity contribution >= 4 is 29.0 Å². The molecule has 4 N–H and O–H groups in total. The summed E-state index contributed by atoms with van der Waals surface area (Å²) >= 11 is 6.11. The van der Waals surface area contributed by atoms with E-state index in [2.05, 4.69) is 10.6 Å². The Morgan fingerprint density at radius 2 is 1.80 bits per heavy atom. The van der Waals surface area contributed by atoms with Gasteiger partial charge >= 0.3 is 6.03 Å². The van der Waals surface area contributed by atoms with Gasteiger partial charge in [0.05, 0.1) is 10.7 Å². The molecular formula is C15H16ClN3O. The van der Waals surface area contributed by atoms with Gasteiger partial charge in [-0.2, -0.15) is 0 Å². The summed E-state index contributed by atoms with van der Waals surface area (Å²) in [5.41, 5.74) is 7.71. The quantitative estimate of drug-likeness (QED) is 0.796. The number of carbonyl (C=O) groups excluding carboxylic acids is 1. The molecule has 2 aromatic carbocycles. The summed E-state index contributed by atoms with van der Waals surface area (Å²) in [6.07, 6.45) is 0. The van der Waals surface area contributed by atoms with Crippen LogP contribution in [0.3, 0.4) is 0 Å². The number of benzene rings is 2. The third-order valence-corrected chi connectivity index (χ3v) is 3.25. The highest BCUT2D eigenvalue weighted by Crippen LogP contribution is 2.26. The van der Waals surface area contributed by atoms with Gasteiger partial charge in [0.2, 0.25) is 0 Å². The van der Waals surface area contributed by atoms with Crippen LogP contribution >= 0.6 is 11.6 Å². The lowest BCUT2D eigenvalue weighted by Crippen LogP contribution is -2.19. The number of urea groups is 1. The number of nitrogens with two attached hydrogens (primary N) is 1. The number of hydrogen-bond acceptors (Lipinski definition) is 2. The van der Waals surface area contributed by atoms with Gasteiger partial charge in [-0.1, -0.05) is 35.9 Å². The topological polar surface area (TPSA) is 67.2 Å². The van der Waals surface area contributed by atoms with Gasteiger partial charge < -0.3 is 16.4 Å². The van der Waals surface area contributed by atoms with Gasteiger partial charge in [0.1, 0.15) is 0 Å². The molecule has 0 aliphatic rings. The lowest BCUT2D eigenvalue weighted by Gasteiger charge is -2.17. The lowest BCUT2D eigenvalue weighted by atomic mass is 10.1. The summed E-state index contributed by atoms with van der Waals surface area (Å²) < 4.78 is 0. The van der Waals surface area contributed by atoms with Crippen molar-refractivity contribution in [2.45, 2.75) is 13.0 Å². The highest BCUT2D eigenvalue weighted by atomic mass is 35.5. The predicted molar refractivity (Wildman–Crippen MR) is 83.1 cm³/mol. The van der Waals surface area contributed by atoms with E-state index in [-0.39, 0.29) is 6.04 Å². The molecule has 0 aliphatic carbocycles. The zero-order chi connectivity index (χ0) is 14.5. The molecule has 0 spiro atoms. The van der Waals surface area contributed by atoms with E-state index >= 15 is 0 Å². The number of nitrogens with one attached hydrogen (secondary N) is 2. The summed E-state index contributed by atoms with van der Waals surface area (Å²) in [6.45, 7) is 2.04. The Balaban J connectivity index is 2.08. The second kappa shape index (κ2) is 6.30. The highest BCUT2D eigenvalue weighted by Gasteiger charge is 2.07. The zero-order valence-electron chi connectivity index (χ0n) is 11.1. The van der Waals surface area contributed by atoms with Crippen molar-refractivity contribution in [3.8, 4) is 0 Å². The fraction of sp³-hybridized carbons (Fsp3) is 0.133. The van der Waals surface area contributed by atoms with Crippen LogP contribution in [0.2, 0.25) is 5.02 Å². The Morgan fingerprint density at radius 3 is 2.40 bits per heavy atom. The van der Waals surface area contributed by atoms with Crippen molar-refractivity contribution in [3.63, 3.8) is 0 Å². The number of amides is 2. The van der Waals surface area contributed by atoms with Crippen LogP contribution in [0, 0.1) is 0 Å². The first-order chi connectivity index (χ1) is 9.56. The molecule has 2 amide bonds. The number of rotatable bonds is 4. The summed E-state index contributed by atoms with van der Waals surface area (Å²) in [6, 6.07) is 14.6. The van der Waals surface area contributed by atoms with Gasteiger partial charge in [0.25, 0.3) is 0 Å². The van der Waals surface area contributed by atoms with Crippen LogP contribution in [-0.4, -0.2) is 6.03 Å². The molecule has 0 fully saturated rings. The smallest absolute Gasteiger partial charge is 0.316 e. The van der Waals surface area contributed by atoms with E-state index in [1.807, 2.05) is 55.5 Å². The average molecular weight is 290 g/mol. The highest BCUT2D eigenvalue weighted by molar-refractivity contribution is 6.33. The van der Waals surface area contributed by atoms with Crippen molar-refractivity contribution in [2.75, 3.05) is 10.6 Å². The molecule has 1 atom stereocenters. The summed E-state index contributed by atoms with van der Waals surface area (Å²) in [4.78, 5) is 10.8. The molecule has 20 heavy (non-hydrogen) atoms. The van der Waals surface area contributed by atoms with Crippen LogP contribution in [0.5, 0.6) is 0 Å². The summed E-state index contributed by atoms with van der Waals surface area (Å²) in [5.74, 6) is 0. The second-order valence-electron chi connectivity index (χ2n) is 4.46. The number of primary amides is 1. The molecule has 4 nitrogen and oxygen atoms in total. The molecule has 0 aromatic heterocycles. The van der Waals surface area contributed by atoms with E-state index in [1.54, 1.807) is 0 Å². The second-order valence-corrected chi connectivity index (χ2v) is 4.86. The van der Waals surface area contributed by atoms with Crippen molar-refractivity contribution < 1.29 is 4.79 Å². The Bertz CT molecular complexity index is 598. The minimum Gasteiger partial charge on any atom is -0.377 e. The Morgan fingerprint density at radius 1 is 1.15 bits per heavy atom. The molecule has 5 heteroatoms. The molecule has 2 rings (SSSR count). The number of halogens is 1. The fourth-order valence-corrected chi connectivity index (χ4v) is 2.08. The normalized spacial score (nSPS) is 11.7. The zero-order valence-corrected chi connectivity index (χ0v) is 11.8. The van der Waals surface area contributed by atoms with Crippen molar-refractivity contribution in [3.05, 3.63) is 59.1 Å². The van der Waals surface area contributed by atoms with Crippen LogP contribution < -0.4 is 16.4 Å². The van der Waals surface area contributed by atoms with E-state index in [0.29, 0.717) is 10.7 Å². The van der Waals surface area contributed by atoms with Crippen LogP contribution in [0.25, 0.3) is 0 Å². The third kappa shape index (κ3) is 3.65. The van der Waals surface area contributed by atoms with Gasteiger partial charge in [-0.15, -0.1) is 0 Å². The van der Waals surface area contributed by atoms with Crippen LogP contribution in [0.4, 0.5) is 16.2 Å². The maximum atomic E-state index is 10.8. The molecular weight excluding hydrogens is 274 g/mol. The first kappa shape index (κ1) is 14.2. The van der Waals surface area contributed by atoms with Crippen molar-refractivity contribution in [1.29, 1.82) is 0 Å².